The molecule has 0 bridgehead atoms. The minimum Gasteiger partial charge on any atom is -0.294 e. The van der Waals surface area contributed by atoms with Gasteiger partial charge in [0.15, 0.2) is 0 Å². The highest BCUT2D eigenvalue weighted by Crippen LogP contribution is 2.32. The predicted molar refractivity (Wildman–Crippen MR) is 93.8 cm³/mol. The monoisotopic (exact) mass is 372 g/mol. The summed E-state index contributed by atoms with van der Waals surface area (Å²) in [6, 6.07) is 5.20. The second kappa shape index (κ2) is 6.20. The first-order chi connectivity index (χ1) is 10.5. The first-order valence-corrected chi connectivity index (χ1v) is 8.56. The summed E-state index contributed by atoms with van der Waals surface area (Å²) in [6.45, 7) is 2.28. The molecule has 0 aliphatic rings. The van der Waals surface area contributed by atoms with Gasteiger partial charge in [-0.25, -0.2) is 4.98 Å². The third-order valence-corrected chi connectivity index (χ3v) is 5.77. The molecule has 114 valence electrons. The van der Waals surface area contributed by atoms with Gasteiger partial charge in [-0.1, -0.05) is 41.7 Å². The summed E-state index contributed by atoms with van der Waals surface area (Å²) in [5.74, 6) is 0. The Morgan fingerprint density at radius 2 is 1.95 bits per heavy atom. The molecule has 0 spiro atoms. The van der Waals surface area contributed by atoms with Crippen molar-refractivity contribution in [3.63, 3.8) is 0 Å². The fourth-order valence-electron chi connectivity index (χ4n) is 2.18. The molecule has 0 aliphatic carbocycles. The zero-order valence-electron chi connectivity index (χ0n) is 11.6. The van der Waals surface area contributed by atoms with Gasteiger partial charge < -0.3 is 0 Å². The Hall–Kier alpha value is -1.07. The zero-order chi connectivity index (χ0) is 15.9. The molecule has 0 radical (unpaired) electrons. The van der Waals surface area contributed by atoms with Gasteiger partial charge in [0.25, 0.3) is 5.56 Å². The normalized spacial score (nSPS) is 11.3. The molecule has 1 aromatic carbocycles. The van der Waals surface area contributed by atoms with E-state index in [2.05, 4.69) is 11.9 Å². The van der Waals surface area contributed by atoms with Crippen molar-refractivity contribution in [1.82, 2.24) is 9.55 Å². The van der Waals surface area contributed by atoms with E-state index in [-0.39, 0.29) is 12.1 Å². The fraction of sp³-hybridized carbons (Fsp3) is 0.200. The highest BCUT2D eigenvalue weighted by atomic mass is 35.5. The third-order valence-electron chi connectivity index (χ3n) is 3.38. The van der Waals surface area contributed by atoms with Crippen LogP contribution in [0.25, 0.3) is 10.2 Å². The number of fused-ring (bicyclic) bond motifs is 1. The fourth-order valence-corrected chi connectivity index (χ4v) is 3.77. The molecule has 0 atom stereocenters. The Balaban J connectivity index is 2.10. The average molecular weight is 374 g/mol. The Labute approximate surface area is 146 Å². The van der Waals surface area contributed by atoms with Crippen molar-refractivity contribution < 1.29 is 0 Å². The van der Waals surface area contributed by atoms with Crippen molar-refractivity contribution in [2.75, 3.05) is 0 Å². The van der Waals surface area contributed by atoms with Gasteiger partial charge in [-0.15, -0.1) is 11.3 Å². The topological polar surface area (TPSA) is 34.9 Å². The van der Waals surface area contributed by atoms with Crippen molar-refractivity contribution in [2.45, 2.75) is 19.9 Å². The summed E-state index contributed by atoms with van der Waals surface area (Å²) >= 11 is 19.9. The maximum absolute atomic E-state index is 12.6. The van der Waals surface area contributed by atoms with E-state index >= 15 is 0 Å². The number of hydrogen-bond donors (Lipinski definition) is 0. The molecule has 7 heteroatoms. The van der Waals surface area contributed by atoms with Crippen LogP contribution in [-0.4, -0.2) is 9.55 Å². The van der Waals surface area contributed by atoms with Crippen LogP contribution in [0.2, 0.25) is 15.1 Å². The maximum atomic E-state index is 12.6. The summed E-state index contributed by atoms with van der Waals surface area (Å²) in [5.41, 5.74) is 0.512. The van der Waals surface area contributed by atoms with Crippen LogP contribution in [0.15, 0.2) is 29.3 Å². The standard InChI is InChI=1S/C15H11Cl3N2OS/c1-2-8-5-9-14(22-8)19-7-20(15(9)21)6-10-11(16)3-4-12(17)13(10)18/h3-5,7H,2,6H2,1H3. The van der Waals surface area contributed by atoms with Crippen molar-refractivity contribution in [2.24, 2.45) is 0 Å². The minimum atomic E-state index is -0.104. The van der Waals surface area contributed by atoms with Crippen molar-refractivity contribution in [3.8, 4) is 0 Å². The van der Waals surface area contributed by atoms with Crippen LogP contribution in [0.3, 0.4) is 0 Å². The number of rotatable bonds is 3. The predicted octanol–water partition coefficient (Wildman–Crippen LogP) is 5.03. The van der Waals surface area contributed by atoms with Gasteiger partial charge in [0.1, 0.15) is 4.83 Å². The molecule has 0 N–H and O–H groups in total. The number of aryl methyl sites for hydroxylation is 1. The number of nitrogens with zero attached hydrogens (tertiary/aromatic N) is 2. The van der Waals surface area contributed by atoms with Crippen LogP contribution in [0.1, 0.15) is 17.4 Å². The lowest BCUT2D eigenvalue weighted by Crippen LogP contribution is -2.20. The Morgan fingerprint density at radius 1 is 1.23 bits per heavy atom. The van der Waals surface area contributed by atoms with Crippen molar-refractivity contribution >= 4 is 56.4 Å². The molecule has 2 aromatic heterocycles. The van der Waals surface area contributed by atoms with E-state index in [4.69, 9.17) is 34.8 Å². The van der Waals surface area contributed by atoms with Crippen molar-refractivity contribution in [1.29, 1.82) is 0 Å². The highest BCUT2D eigenvalue weighted by molar-refractivity contribution is 7.18. The average Bonchev–Trinajstić information content (AvgIpc) is 2.94. The van der Waals surface area contributed by atoms with Crippen molar-refractivity contribution in [3.05, 3.63) is 60.4 Å². The molecule has 2 heterocycles. The van der Waals surface area contributed by atoms with Crippen LogP contribution in [-0.2, 0) is 13.0 Å². The Bertz CT molecular complexity index is 917. The summed E-state index contributed by atoms with van der Waals surface area (Å²) in [4.78, 5) is 18.8. The molecule has 22 heavy (non-hydrogen) atoms. The second-order valence-electron chi connectivity index (χ2n) is 4.78. The Kier molecular flexibility index (Phi) is 4.46. The Morgan fingerprint density at radius 3 is 2.68 bits per heavy atom. The van der Waals surface area contributed by atoms with Gasteiger partial charge in [0.05, 0.1) is 28.3 Å². The van der Waals surface area contributed by atoms with Gasteiger partial charge in [-0.3, -0.25) is 9.36 Å². The largest absolute Gasteiger partial charge is 0.294 e. The molecule has 0 amide bonds. The van der Waals surface area contributed by atoms with Crippen LogP contribution >= 0.6 is 46.1 Å². The van der Waals surface area contributed by atoms with Gasteiger partial charge in [0.2, 0.25) is 0 Å². The molecule has 0 saturated carbocycles. The number of hydrogen-bond acceptors (Lipinski definition) is 3. The van der Waals surface area contributed by atoms with Crippen LogP contribution in [0, 0.1) is 0 Å². The molecule has 3 aromatic rings. The summed E-state index contributed by atoms with van der Waals surface area (Å²) in [6.07, 6.45) is 2.40. The molecular formula is C15H11Cl3N2OS. The summed E-state index contributed by atoms with van der Waals surface area (Å²) in [5, 5.41) is 1.87. The number of halogens is 3. The minimum absolute atomic E-state index is 0.104. The highest BCUT2D eigenvalue weighted by Gasteiger charge is 2.13. The van der Waals surface area contributed by atoms with E-state index in [9.17, 15) is 4.79 Å². The number of aromatic nitrogens is 2. The third kappa shape index (κ3) is 2.76. The molecule has 0 fully saturated rings. The molecule has 0 aliphatic heterocycles. The zero-order valence-corrected chi connectivity index (χ0v) is 14.7. The van der Waals surface area contributed by atoms with Crippen LogP contribution < -0.4 is 5.56 Å². The lowest BCUT2D eigenvalue weighted by Gasteiger charge is -2.10. The van der Waals surface area contributed by atoms with Crippen LogP contribution in [0.5, 0.6) is 0 Å². The number of thiophene rings is 1. The van der Waals surface area contributed by atoms with Gasteiger partial charge in [-0.05, 0) is 24.6 Å². The van der Waals surface area contributed by atoms with Crippen LogP contribution in [0.4, 0.5) is 0 Å². The summed E-state index contributed by atoms with van der Waals surface area (Å²) < 4.78 is 1.50. The van der Waals surface area contributed by atoms with E-state index in [0.717, 1.165) is 16.1 Å². The van der Waals surface area contributed by atoms with E-state index in [0.29, 0.717) is 26.0 Å². The molecule has 0 saturated heterocycles. The van der Waals surface area contributed by atoms with Gasteiger partial charge >= 0.3 is 0 Å². The molecule has 3 nitrogen and oxygen atoms in total. The lowest BCUT2D eigenvalue weighted by atomic mass is 10.2. The smallest absolute Gasteiger partial charge is 0.262 e. The summed E-state index contributed by atoms with van der Waals surface area (Å²) in [7, 11) is 0. The SMILES string of the molecule is CCc1cc2c(=O)n(Cc3c(Cl)ccc(Cl)c3Cl)cnc2s1. The number of benzene rings is 1. The van der Waals surface area contributed by atoms with Gasteiger partial charge in [-0.2, -0.15) is 0 Å². The quantitative estimate of drug-likeness (QED) is 0.604. The first-order valence-electron chi connectivity index (χ1n) is 6.61. The second-order valence-corrected chi connectivity index (χ2v) is 7.09. The molecular weight excluding hydrogens is 363 g/mol. The van der Waals surface area contributed by atoms with E-state index in [1.807, 2.05) is 6.07 Å². The molecule has 3 rings (SSSR count). The van der Waals surface area contributed by atoms with Gasteiger partial charge in [0, 0.05) is 15.5 Å². The van der Waals surface area contributed by atoms with E-state index in [1.54, 1.807) is 12.1 Å². The van der Waals surface area contributed by atoms with E-state index in [1.165, 1.54) is 22.2 Å². The van der Waals surface area contributed by atoms with E-state index < -0.39 is 0 Å². The molecule has 0 unspecified atom stereocenters. The first kappa shape index (κ1) is 15.8. The lowest BCUT2D eigenvalue weighted by molar-refractivity contribution is 0.749. The maximum Gasteiger partial charge on any atom is 0.262 e.